The van der Waals surface area contributed by atoms with E-state index in [2.05, 4.69) is 6.92 Å². The van der Waals surface area contributed by atoms with E-state index in [1.165, 1.54) is 24.3 Å². The maximum Gasteiger partial charge on any atom is 0.276 e. The number of hydrogen-bond donors (Lipinski definition) is 2. The minimum Gasteiger partial charge on any atom is -0.508 e. The normalized spacial score (nSPS) is 18.5. The lowest BCUT2D eigenvalue weighted by Gasteiger charge is -2.41. The standard InChI is InChI=1S/C44H42Cl4F2N4O6/c1-23(2)58-36-17-28(60-38-18-30(34(49)21-33(38)46)39-41(47)51-12-4-5-13-53(51)43(39)56)9-10-29(36)24(3)15-25-11-14-52-42(48)40(44(57)54(52)22-25)31-19-37(32(45)20-35(31)50)59-27-8-6-7-26(55)16-27/h6-10,16-21,23-25,44,55,57H,4-5,11-15,22H2,1-3H3/t24-,25?,44?/m0/s1. The van der Waals surface area contributed by atoms with Crippen LogP contribution >= 0.6 is 46.4 Å². The van der Waals surface area contributed by atoms with Crippen LogP contribution in [0.3, 0.4) is 0 Å². The maximum absolute atomic E-state index is 15.5. The number of halogens is 6. The van der Waals surface area contributed by atoms with Crippen molar-refractivity contribution in [2.75, 3.05) is 13.1 Å². The second-order valence-corrected chi connectivity index (χ2v) is 17.2. The Morgan fingerprint density at radius 2 is 1.45 bits per heavy atom. The predicted molar refractivity (Wildman–Crippen MR) is 229 cm³/mol. The summed E-state index contributed by atoms with van der Waals surface area (Å²) in [6, 6.07) is 16.7. The summed E-state index contributed by atoms with van der Waals surface area (Å²) in [5.74, 6) is 0.313. The molecule has 316 valence electrons. The lowest BCUT2D eigenvalue weighted by atomic mass is 9.87. The number of benzene rings is 4. The van der Waals surface area contributed by atoms with Gasteiger partial charge in [0.2, 0.25) is 0 Å². The number of phenols is 1. The van der Waals surface area contributed by atoms with Crippen LogP contribution in [0.15, 0.2) is 76.7 Å². The van der Waals surface area contributed by atoms with E-state index >= 15 is 8.78 Å². The van der Waals surface area contributed by atoms with E-state index in [0.717, 1.165) is 43.4 Å². The Morgan fingerprint density at radius 3 is 2.12 bits per heavy atom. The van der Waals surface area contributed by atoms with Crippen molar-refractivity contribution in [1.29, 1.82) is 0 Å². The molecule has 0 radical (unpaired) electrons. The first-order valence-electron chi connectivity index (χ1n) is 19.7. The van der Waals surface area contributed by atoms with Gasteiger partial charge in [-0.2, -0.15) is 5.01 Å². The zero-order valence-electron chi connectivity index (χ0n) is 32.9. The fourth-order valence-corrected chi connectivity index (χ4v) is 9.42. The van der Waals surface area contributed by atoms with E-state index in [9.17, 15) is 15.0 Å². The first-order valence-corrected chi connectivity index (χ1v) is 21.2. The predicted octanol–water partition coefficient (Wildman–Crippen LogP) is 11.4. The minimum atomic E-state index is -1.24. The molecule has 1 saturated heterocycles. The van der Waals surface area contributed by atoms with Gasteiger partial charge >= 0.3 is 0 Å². The molecule has 0 amide bonds. The van der Waals surface area contributed by atoms with Crippen LogP contribution in [0.25, 0.3) is 16.7 Å². The van der Waals surface area contributed by atoms with Crippen LogP contribution in [0.5, 0.6) is 34.5 Å². The second kappa shape index (κ2) is 17.1. The summed E-state index contributed by atoms with van der Waals surface area (Å²) in [6.45, 7) is 7.95. The van der Waals surface area contributed by atoms with Crippen molar-refractivity contribution in [1.82, 2.24) is 19.4 Å². The van der Waals surface area contributed by atoms with Crippen LogP contribution < -0.4 is 19.8 Å². The van der Waals surface area contributed by atoms with Gasteiger partial charge in [-0.1, -0.05) is 65.5 Å². The fourth-order valence-electron chi connectivity index (χ4n) is 8.30. The highest BCUT2D eigenvalue weighted by Gasteiger charge is 2.43. The number of aromatic hydroxyl groups is 1. The highest BCUT2D eigenvalue weighted by atomic mass is 35.5. The lowest BCUT2D eigenvalue weighted by Crippen LogP contribution is -2.49. The van der Waals surface area contributed by atoms with Crippen LogP contribution in [-0.2, 0) is 13.1 Å². The number of phenolic OH excluding ortho intramolecular Hbond substituents is 1. The molecule has 4 aromatic carbocycles. The third-order valence-corrected chi connectivity index (χ3v) is 12.5. The molecule has 1 fully saturated rings. The molecule has 0 bridgehead atoms. The second-order valence-electron chi connectivity index (χ2n) is 15.6. The average Bonchev–Trinajstić information content (AvgIpc) is 3.60. The van der Waals surface area contributed by atoms with Crippen LogP contribution in [0, 0.1) is 17.6 Å². The molecule has 16 heteroatoms. The van der Waals surface area contributed by atoms with Crippen molar-refractivity contribution in [3.8, 4) is 45.6 Å². The first kappa shape index (κ1) is 42.3. The van der Waals surface area contributed by atoms with Gasteiger partial charge in [-0.05, 0) is 99.4 Å². The number of fused-ring (bicyclic) bond motifs is 2. The Kier molecular flexibility index (Phi) is 12.1. The highest BCUT2D eigenvalue weighted by Crippen LogP contribution is 2.46. The van der Waals surface area contributed by atoms with E-state index in [4.69, 9.17) is 60.6 Å². The van der Waals surface area contributed by atoms with Crippen LogP contribution in [0.1, 0.15) is 63.5 Å². The fraction of sp³-hybridized carbons (Fsp3) is 0.341. The highest BCUT2D eigenvalue weighted by molar-refractivity contribution is 6.34. The van der Waals surface area contributed by atoms with Gasteiger partial charge in [0.25, 0.3) is 5.56 Å². The van der Waals surface area contributed by atoms with E-state index in [0.29, 0.717) is 43.4 Å². The van der Waals surface area contributed by atoms with Gasteiger partial charge in [-0.25, -0.2) is 13.5 Å². The summed E-state index contributed by atoms with van der Waals surface area (Å²) in [4.78, 5) is 13.3. The number of nitrogens with zero attached hydrogens (tertiary/aromatic N) is 4. The SMILES string of the molecule is CC(C)Oc1cc(Oc2cc(-c3c(Cl)n4n(c3=O)CCCC4)c(F)cc2Cl)ccc1[C@@H](C)CC1CCN2C(Cl)=C(c3cc(Oc4cccc(O)c4)c(Cl)cc3F)C(O)N2C1. The zero-order valence-corrected chi connectivity index (χ0v) is 35.9. The number of aliphatic hydroxyl groups excluding tert-OH is 1. The molecule has 3 atom stereocenters. The van der Waals surface area contributed by atoms with E-state index < -0.39 is 17.9 Å². The molecule has 4 heterocycles. The van der Waals surface area contributed by atoms with Gasteiger partial charge in [0.05, 0.1) is 21.7 Å². The zero-order chi connectivity index (χ0) is 42.6. The molecule has 10 nitrogen and oxygen atoms in total. The van der Waals surface area contributed by atoms with Crippen molar-refractivity contribution in [2.45, 2.75) is 77.8 Å². The largest absolute Gasteiger partial charge is 0.508 e. The Morgan fingerprint density at radius 1 is 0.800 bits per heavy atom. The number of aromatic nitrogens is 2. The molecule has 2 unspecified atom stereocenters. The lowest BCUT2D eigenvalue weighted by molar-refractivity contribution is -0.104. The first-order chi connectivity index (χ1) is 28.7. The maximum atomic E-state index is 15.5. The topological polar surface area (TPSA) is 102 Å². The number of hydrazine groups is 1. The summed E-state index contributed by atoms with van der Waals surface area (Å²) in [5.41, 5.74) is 0.871. The molecule has 3 aliphatic rings. The number of hydrogen-bond acceptors (Lipinski definition) is 8. The summed E-state index contributed by atoms with van der Waals surface area (Å²) >= 11 is 26.3. The van der Waals surface area contributed by atoms with Crippen molar-refractivity contribution in [3.63, 3.8) is 0 Å². The quantitative estimate of drug-likeness (QED) is 0.126. The molecule has 1 aromatic heterocycles. The minimum absolute atomic E-state index is 0.00231. The van der Waals surface area contributed by atoms with Gasteiger partial charge in [-0.3, -0.25) is 14.5 Å². The summed E-state index contributed by atoms with van der Waals surface area (Å²) in [7, 11) is 0. The Hall–Kier alpha value is -4.43. The van der Waals surface area contributed by atoms with Gasteiger partial charge in [-0.15, -0.1) is 0 Å². The molecule has 8 rings (SSSR count). The number of rotatable bonds is 11. The summed E-state index contributed by atoms with van der Waals surface area (Å²) < 4.78 is 52.6. The summed E-state index contributed by atoms with van der Waals surface area (Å²) in [5, 5.41) is 25.5. The summed E-state index contributed by atoms with van der Waals surface area (Å²) in [6.07, 6.45) is 1.75. The average molecular weight is 903 g/mol. The third-order valence-electron chi connectivity index (χ3n) is 11.1. The molecule has 0 aliphatic carbocycles. The van der Waals surface area contributed by atoms with E-state index in [1.807, 2.05) is 19.9 Å². The van der Waals surface area contributed by atoms with Gasteiger partial charge in [0.15, 0.2) is 6.23 Å². The number of aliphatic hydroxyl groups is 1. The molecule has 5 aromatic rings. The van der Waals surface area contributed by atoms with Crippen molar-refractivity contribution >= 4 is 52.0 Å². The molecule has 0 saturated carbocycles. The molecule has 2 N–H and O–H groups in total. The molecule has 0 spiro atoms. The van der Waals surface area contributed by atoms with Crippen LogP contribution in [-0.4, -0.2) is 55.0 Å². The Labute approximate surface area is 365 Å². The third kappa shape index (κ3) is 8.18. The van der Waals surface area contributed by atoms with E-state index in [-0.39, 0.29) is 83.4 Å². The van der Waals surface area contributed by atoms with Gasteiger partial charge < -0.3 is 24.4 Å². The van der Waals surface area contributed by atoms with Crippen molar-refractivity contribution in [3.05, 3.63) is 120 Å². The van der Waals surface area contributed by atoms with Crippen molar-refractivity contribution in [2.24, 2.45) is 5.92 Å². The van der Waals surface area contributed by atoms with Gasteiger partial charge in [0.1, 0.15) is 56.4 Å². The molecule has 60 heavy (non-hydrogen) atoms. The molecule has 3 aliphatic heterocycles. The Bertz CT molecular complexity index is 2560. The Balaban J connectivity index is 0.992. The number of ether oxygens (including phenoxy) is 3. The smallest absolute Gasteiger partial charge is 0.276 e. The van der Waals surface area contributed by atoms with Crippen LogP contribution in [0.2, 0.25) is 15.2 Å². The van der Waals surface area contributed by atoms with E-state index in [1.54, 1.807) is 43.6 Å². The monoisotopic (exact) mass is 900 g/mol. The van der Waals surface area contributed by atoms with Crippen molar-refractivity contribution < 1.29 is 33.2 Å². The molecular formula is C44H42Cl4F2N4O6. The van der Waals surface area contributed by atoms with Crippen LogP contribution in [0.4, 0.5) is 8.78 Å². The van der Waals surface area contributed by atoms with Gasteiger partial charge in [0, 0.05) is 55.0 Å². The molecular weight excluding hydrogens is 860 g/mol.